The van der Waals surface area contributed by atoms with Crippen LogP contribution in [0.5, 0.6) is 0 Å². The number of hydrogen-bond donors (Lipinski definition) is 1. The van der Waals surface area contributed by atoms with E-state index in [0.717, 1.165) is 5.75 Å². The van der Waals surface area contributed by atoms with Gasteiger partial charge in [0.25, 0.3) is 0 Å². The predicted molar refractivity (Wildman–Crippen MR) is 79.6 cm³/mol. The molecular formula is C13H19FN2O2S2. The lowest BCUT2D eigenvalue weighted by molar-refractivity contribution is 0.338. The van der Waals surface area contributed by atoms with Crippen molar-refractivity contribution >= 4 is 21.8 Å². The lowest BCUT2D eigenvalue weighted by atomic mass is 10.2. The Kier molecular flexibility index (Phi) is 4.73. The number of thioether (sulfide) groups is 1. The van der Waals surface area contributed by atoms with Crippen molar-refractivity contribution in [3.63, 3.8) is 0 Å². The van der Waals surface area contributed by atoms with Crippen LogP contribution >= 0.6 is 11.8 Å². The average molecular weight is 318 g/mol. The lowest BCUT2D eigenvalue weighted by Gasteiger charge is -2.36. The van der Waals surface area contributed by atoms with Gasteiger partial charge in [-0.25, -0.2) is 12.8 Å². The number of rotatable bonds is 3. The molecule has 4 nitrogen and oxygen atoms in total. The topological polar surface area (TPSA) is 63.4 Å². The Morgan fingerprint density at radius 3 is 2.80 bits per heavy atom. The molecule has 1 aliphatic heterocycles. The second-order valence-corrected chi connectivity index (χ2v) is 8.25. The quantitative estimate of drug-likeness (QED) is 0.923. The zero-order valence-corrected chi connectivity index (χ0v) is 13.2. The van der Waals surface area contributed by atoms with E-state index in [1.54, 1.807) is 11.8 Å². The van der Waals surface area contributed by atoms with E-state index in [1.807, 2.05) is 13.8 Å². The summed E-state index contributed by atoms with van der Waals surface area (Å²) in [4.78, 5) is -0.272. The molecule has 0 amide bonds. The first-order valence-corrected chi connectivity index (χ1v) is 8.98. The van der Waals surface area contributed by atoms with Crippen molar-refractivity contribution in [3.05, 3.63) is 29.6 Å². The summed E-state index contributed by atoms with van der Waals surface area (Å²) in [7, 11) is -3.82. The average Bonchev–Trinajstić information content (AvgIpc) is 2.42. The number of hydrogen-bond acceptors (Lipinski definition) is 4. The van der Waals surface area contributed by atoms with Gasteiger partial charge in [0.05, 0.1) is 0 Å². The lowest BCUT2D eigenvalue weighted by Crippen LogP contribution is -2.48. The Hall–Kier alpha value is -0.630. The van der Waals surface area contributed by atoms with E-state index < -0.39 is 15.8 Å². The minimum absolute atomic E-state index is 0.153. The number of sulfonamides is 1. The SMILES string of the molecule is CC1SCCN(S(=O)(=O)c2cc(CN)ccc2F)C1C. The molecule has 1 heterocycles. The van der Waals surface area contributed by atoms with Crippen LogP contribution in [0.4, 0.5) is 4.39 Å². The largest absolute Gasteiger partial charge is 0.326 e. The Bertz CT molecular complexity index is 592. The van der Waals surface area contributed by atoms with Crippen molar-refractivity contribution in [1.82, 2.24) is 4.31 Å². The molecule has 1 fully saturated rings. The van der Waals surface area contributed by atoms with Crippen LogP contribution in [-0.2, 0) is 16.6 Å². The summed E-state index contributed by atoms with van der Waals surface area (Å²) >= 11 is 1.73. The van der Waals surface area contributed by atoms with Gasteiger partial charge in [-0.2, -0.15) is 16.1 Å². The van der Waals surface area contributed by atoms with Gasteiger partial charge < -0.3 is 5.73 Å². The van der Waals surface area contributed by atoms with Crippen LogP contribution in [0.1, 0.15) is 19.4 Å². The van der Waals surface area contributed by atoms with Gasteiger partial charge in [0.2, 0.25) is 10.0 Å². The Labute approximate surface area is 123 Å². The molecule has 0 radical (unpaired) electrons. The van der Waals surface area contributed by atoms with E-state index in [2.05, 4.69) is 0 Å². The summed E-state index contributed by atoms with van der Waals surface area (Å²) in [6.07, 6.45) is 0. The molecule has 2 atom stereocenters. The van der Waals surface area contributed by atoms with Crippen molar-refractivity contribution in [3.8, 4) is 0 Å². The molecule has 1 aromatic carbocycles. The predicted octanol–water partition coefficient (Wildman–Crippen LogP) is 1.80. The second kappa shape index (κ2) is 6.01. The Morgan fingerprint density at radius 1 is 1.45 bits per heavy atom. The first-order chi connectivity index (χ1) is 9.37. The number of nitrogens with zero attached hydrogens (tertiary/aromatic N) is 1. The zero-order chi connectivity index (χ0) is 14.9. The molecule has 0 aliphatic carbocycles. The van der Waals surface area contributed by atoms with E-state index in [9.17, 15) is 12.8 Å². The Balaban J connectivity index is 2.44. The van der Waals surface area contributed by atoms with Crippen LogP contribution in [0, 0.1) is 5.82 Å². The standard InChI is InChI=1S/C13H19FN2O2S2/c1-9-10(2)19-6-5-16(9)20(17,18)13-7-11(8-15)3-4-12(13)14/h3-4,7,9-10H,5-6,8,15H2,1-2H3. The molecular weight excluding hydrogens is 299 g/mol. The molecule has 112 valence electrons. The highest BCUT2D eigenvalue weighted by molar-refractivity contribution is 8.00. The van der Waals surface area contributed by atoms with Crippen LogP contribution < -0.4 is 5.73 Å². The van der Waals surface area contributed by atoms with Gasteiger partial charge in [0, 0.05) is 30.1 Å². The summed E-state index contributed by atoms with van der Waals surface area (Å²) < 4.78 is 40.7. The fraction of sp³-hybridized carbons (Fsp3) is 0.538. The maximum absolute atomic E-state index is 13.9. The fourth-order valence-corrected chi connectivity index (χ4v) is 5.35. The summed E-state index contributed by atoms with van der Waals surface area (Å²) in [5, 5.41) is 0.194. The van der Waals surface area contributed by atoms with Gasteiger partial charge in [-0.1, -0.05) is 13.0 Å². The van der Waals surface area contributed by atoms with Crippen LogP contribution in [0.15, 0.2) is 23.1 Å². The third kappa shape index (κ3) is 2.86. The van der Waals surface area contributed by atoms with Gasteiger partial charge in [-0.3, -0.25) is 0 Å². The van der Waals surface area contributed by atoms with Gasteiger partial charge in [-0.05, 0) is 24.6 Å². The van der Waals surface area contributed by atoms with Gasteiger partial charge in [-0.15, -0.1) is 0 Å². The summed E-state index contributed by atoms with van der Waals surface area (Å²) in [6, 6.07) is 3.86. The van der Waals surface area contributed by atoms with E-state index in [-0.39, 0.29) is 22.7 Å². The third-order valence-electron chi connectivity index (χ3n) is 3.64. The number of nitrogens with two attached hydrogens (primary N) is 1. The maximum atomic E-state index is 13.9. The summed E-state index contributed by atoms with van der Waals surface area (Å²) in [6.45, 7) is 4.44. The van der Waals surface area contributed by atoms with Crippen LogP contribution in [-0.4, -0.2) is 36.3 Å². The van der Waals surface area contributed by atoms with E-state index >= 15 is 0 Å². The van der Waals surface area contributed by atoms with Crippen molar-refractivity contribution in [2.75, 3.05) is 12.3 Å². The molecule has 0 spiro atoms. The van der Waals surface area contributed by atoms with E-state index in [1.165, 1.54) is 22.5 Å². The molecule has 0 saturated carbocycles. The normalized spacial score (nSPS) is 24.8. The van der Waals surface area contributed by atoms with Crippen LogP contribution in [0.25, 0.3) is 0 Å². The summed E-state index contributed by atoms with van der Waals surface area (Å²) in [5.74, 6) is 0.00317. The Morgan fingerprint density at radius 2 is 2.15 bits per heavy atom. The molecule has 1 aliphatic rings. The second-order valence-electron chi connectivity index (χ2n) is 4.90. The molecule has 0 bridgehead atoms. The van der Waals surface area contributed by atoms with Gasteiger partial charge in [0.1, 0.15) is 10.7 Å². The highest BCUT2D eigenvalue weighted by Gasteiger charge is 2.36. The fourth-order valence-electron chi connectivity index (χ4n) is 2.24. The smallest absolute Gasteiger partial charge is 0.246 e. The van der Waals surface area contributed by atoms with Gasteiger partial charge >= 0.3 is 0 Å². The molecule has 2 N–H and O–H groups in total. The molecule has 7 heteroatoms. The molecule has 2 unspecified atom stereocenters. The third-order valence-corrected chi connectivity index (χ3v) is 6.98. The maximum Gasteiger partial charge on any atom is 0.246 e. The minimum Gasteiger partial charge on any atom is -0.326 e. The highest BCUT2D eigenvalue weighted by atomic mass is 32.2. The monoisotopic (exact) mass is 318 g/mol. The van der Waals surface area contributed by atoms with E-state index in [0.29, 0.717) is 12.1 Å². The highest BCUT2D eigenvalue weighted by Crippen LogP contribution is 2.30. The number of benzene rings is 1. The van der Waals surface area contributed by atoms with E-state index in [4.69, 9.17) is 5.73 Å². The first-order valence-electron chi connectivity index (χ1n) is 6.50. The molecule has 20 heavy (non-hydrogen) atoms. The number of halogens is 1. The van der Waals surface area contributed by atoms with Crippen LogP contribution in [0.3, 0.4) is 0 Å². The zero-order valence-electron chi connectivity index (χ0n) is 11.5. The van der Waals surface area contributed by atoms with Crippen molar-refractivity contribution in [2.24, 2.45) is 5.73 Å². The van der Waals surface area contributed by atoms with Crippen molar-refractivity contribution in [1.29, 1.82) is 0 Å². The first kappa shape index (κ1) is 15.8. The summed E-state index contributed by atoms with van der Waals surface area (Å²) in [5.41, 5.74) is 6.11. The molecule has 1 aromatic rings. The van der Waals surface area contributed by atoms with Crippen molar-refractivity contribution in [2.45, 2.75) is 36.6 Å². The van der Waals surface area contributed by atoms with Crippen molar-refractivity contribution < 1.29 is 12.8 Å². The molecule has 1 saturated heterocycles. The van der Waals surface area contributed by atoms with Crippen LogP contribution in [0.2, 0.25) is 0 Å². The van der Waals surface area contributed by atoms with Gasteiger partial charge in [0.15, 0.2) is 0 Å². The molecule has 0 aromatic heterocycles. The molecule has 2 rings (SSSR count). The minimum atomic E-state index is -3.82.